The lowest BCUT2D eigenvalue weighted by Crippen LogP contribution is -2.05. The van der Waals surface area contributed by atoms with Gasteiger partial charge in [0, 0.05) is 6.61 Å². The molecular formula is C11H14ClNO3. The van der Waals surface area contributed by atoms with E-state index in [-0.39, 0.29) is 12.2 Å². The van der Waals surface area contributed by atoms with Gasteiger partial charge in [-0.25, -0.2) is 9.78 Å². The van der Waals surface area contributed by atoms with E-state index in [9.17, 15) is 4.79 Å². The molecular weight excluding hydrogens is 230 g/mol. The van der Waals surface area contributed by atoms with Crippen LogP contribution in [0.5, 0.6) is 0 Å². The Bertz CT molecular complexity index is 368. The molecule has 0 atom stereocenters. The molecule has 0 fully saturated rings. The lowest BCUT2D eigenvalue weighted by molar-refractivity contribution is 0.0695. The molecule has 0 spiro atoms. The third-order valence-corrected chi connectivity index (χ3v) is 2.45. The van der Waals surface area contributed by atoms with Crippen molar-refractivity contribution in [3.63, 3.8) is 0 Å². The van der Waals surface area contributed by atoms with Crippen molar-refractivity contribution >= 4 is 17.6 Å². The molecule has 0 unspecified atom stereocenters. The summed E-state index contributed by atoms with van der Waals surface area (Å²) in [6.45, 7) is 0.161. The zero-order chi connectivity index (χ0) is 12.0. The summed E-state index contributed by atoms with van der Waals surface area (Å²) in [7, 11) is 0. The van der Waals surface area contributed by atoms with Crippen LogP contribution in [0.3, 0.4) is 0 Å². The molecule has 88 valence electrons. The number of aryl methyl sites for hydroxylation is 1. The van der Waals surface area contributed by atoms with Crippen LogP contribution in [0.1, 0.15) is 35.3 Å². The first kappa shape index (κ1) is 12.9. The average Bonchev–Trinajstić information content (AvgIpc) is 2.24. The largest absolute Gasteiger partial charge is 0.478 e. The predicted octanol–water partition coefficient (Wildman–Crippen LogP) is 2.14. The lowest BCUT2D eigenvalue weighted by Gasteiger charge is -2.05. The van der Waals surface area contributed by atoms with Gasteiger partial charge in [-0.3, -0.25) is 0 Å². The summed E-state index contributed by atoms with van der Waals surface area (Å²) in [5, 5.41) is 17.9. The Morgan fingerprint density at radius 3 is 2.69 bits per heavy atom. The quantitative estimate of drug-likeness (QED) is 0.593. The zero-order valence-electron chi connectivity index (χ0n) is 8.82. The summed E-state index contributed by atoms with van der Waals surface area (Å²) in [6, 6.07) is 2.95. The fourth-order valence-corrected chi connectivity index (χ4v) is 1.61. The van der Waals surface area contributed by atoms with Crippen molar-refractivity contribution in [1.29, 1.82) is 0 Å². The number of halogens is 1. The van der Waals surface area contributed by atoms with Gasteiger partial charge in [0.25, 0.3) is 0 Å². The summed E-state index contributed by atoms with van der Waals surface area (Å²) in [4.78, 5) is 14.9. The molecule has 0 aliphatic carbocycles. The Morgan fingerprint density at radius 2 is 2.06 bits per heavy atom. The van der Waals surface area contributed by atoms with E-state index in [0.29, 0.717) is 17.3 Å². The maximum atomic E-state index is 10.9. The van der Waals surface area contributed by atoms with E-state index in [1.54, 1.807) is 0 Å². The molecule has 2 N–H and O–H groups in total. The minimum atomic E-state index is -0.985. The number of hydrogen-bond acceptors (Lipinski definition) is 3. The van der Waals surface area contributed by atoms with Crippen LogP contribution in [-0.4, -0.2) is 27.8 Å². The smallest absolute Gasteiger partial charge is 0.337 e. The van der Waals surface area contributed by atoms with Crippen molar-refractivity contribution in [3.8, 4) is 0 Å². The normalized spacial score (nSPS) is 10.4. The van der Waals surface area contributed by atoms with Crippen molar-refractivity contribution in [2.24, 2.45) is 0 Å². The predicted molar refractivity (Wildman–Crippen MR) is 60.8 cm³/mol. The van der Waals surface area contributed by atoms with Crippen LogP contribution in [0.4, 0.5) is 0 Å². The van der Waals surface area contributed by atoms with E-state index < -0.39 is 5.97 Å². The number of aliphatic hydroxyl groups is 1. The SMILES string of the molecule is O=C(O)c1ccc(Cl)nc1CCCCCO. The van der Waals surface area contributed by atoms with Gasteiger partial charge in [-0.2, -0.15) is 0 Å². The molecule has 1 aromatic rings. The molecule has 0 aromatic carbocycles. The molecule has 1 rings (SSSR count). The van der Waals surface area contributed by atoms with E-state index in [0.717, 1.165) is 19.3 Å². The topological polar surface area (TPSA) is 70.4 Å². The maximum Gasteiger partial charge on any atom is 0.337 e. The second kappa shape index (κ2) is 6.45. The highest BCUT2D eigenvalue weighted by Gasteiger charge is 2.11. The monoisotopic (exact) mass is 243 g/mol. The number of carbonyl (C=O) groups is 1. The van der Waals surface area contributed by atoms with Gasteiger partial charge < -0.3 is 10.2 Å². The third-order valence-electron chi connectivity index (χ3n) is 2.24. The molecule has 16 heavy (non-hydrogen) atoms. The van der Waals surface area contributed by atoms with Crippen molar-refractivity contribution in [1.82, 2.24) is 4.98 Å². The number of aliphatic hydroxyl groups excluding tert-OH is 1. The van der Waals surface area contributed by atoms with Crippen LogP contribution in [0.25, 0.3) is 0 Å². The second-order valence-corrected chi connectivity index (χ2v) is 3.85. The van der Waals surface area contributed by atoms with Gasteiger partial charge in [-0.1, -0.05) is 18.0 Å². The van der Waals surface area contributed by atoms with Crippen LogP contribution >= 0.6 is 11.6 Å². The molecule has 5 heteroatoms. The number of nitrogens with zero attached hydrogens (tertiary/aromatic N) is 1. The van der Waals surface area contributed by atoms with Crippen molar-refractivity contribution < 1.29 is 15.0 Å². The number of carboxylic acid groups (broad SMARTS) is 1. The number of aromatic carboxylic acids is 1. The zero-order valence-corrected chi connectivity index (χ0v) is 9.57. The highest BCUT2D eigenvalue weighted by atomic mass is 35.5. The van der Waals surface area contributed by atoms with E-state index >= 15 is 0 Å². The number of aromatic nitrogens is 1. The number of unbranched alkanes of at least 4 members (excludes halogenated alkanes) is 2. The fraction of sp³-hybridized carbons (Fsp3) is 0.455. The molecule has 0 saturated carbocycles. The number of carboxylic acids is 1. The summed E-state index contributed by atoms with van der Waals surface area (Å²) in [5.41, 5.74) is 0.714. The van der Waals surface area contributed by atoms with Crippen LogP contribution in [0.2, 0.25) is 5.15 Å². The second-order valence-electron chi connectivity index (χ2n) is 3.47. The first-order valence-corrected chi connectivity index (χ1v) is 5.52. The Balaban J connectivity index is 2.68. The molecule has 0 saturated heterocycles. The molecule has 0 aliphatic rings. The van der Waals surface area contributed by atoms with Gasteiger partial charge in [0.05, 0.1) is 11.3 Å². The van der Waals surface area contributed by atoms with Gasteiger partial charge in [-0.15, -0.1) is 0 Å². The molecule has 0 bridgehead atoms. The Hall–Kier alpha value is -1.13. The minimum Gasteiger partial charge on any atom is -0.478 e. The van der Waals surface area contributed by atoms with Crippen LogP contribution in [-0.2, 0) is 6.42 Å². The van der Waals surface area contributed by atoms with Crippen molar-refractivity contribution in [3.05, 3.63) is 28.5 Å². The minimum absolute atomic E-state index is 0.161. The van der Waals surface area contributed by atoms with Crippen LogP contribution < -0.4 is 0 Å². The summed E-state index contributed by atoms with van der Waals surface area (Å²) in [5.74, 6) is -0.985. The molecule has 0 radical (unpaired) electrons. The number of pyridine rings is 1. The Labute approximate surface area is 98.9 Å². The Morgan fingerprint density at radius 1 is 1.31 bits per heavy atom. The van der Waals surface area contributed by atoms with E-state index in [1.165, 1.54) is 12.1 Å². The summed E-state index contributed by atoms with van der Waals surface area (Å²) < 4.78 is 0. The van der Waals surface area contributed by atoms with Crippen LogP contribution in [0, 0.1) is 0 Å². The van der Waals surface area contributed by atoms with Crippen molar-refractivity contribution in [2.45, 2.75) is 25.7 Å². The van der Waals surface area contributed by atoms with Crippen LogP contribution in [0.15, 0.2) is 12.1 Å². The molecule has 4 nitrogen and oxygen atoms in total. The average molecular weight is 244 g/mol. The van der Waals surface area contributed by atoms with Gasteiger partial charge in [0.2, 0.25) is 0 Å². The first-order valence-electron chi connectivity index (χ1n) is 5.14. The Kier molecular flexibility index (Phi) is 5.22. The van der Waals surface area contributed by atoms with Gasteiger partial charge in [0.15, 0.2) is 0 Å². The van der Waals surface area contributed by atoms with Crippen molar-refractivity contribution in [2.75, 3.05) is 6.61 Å². The standard InChI is InChI=1S/C11H14ClNO3/c12-10-6-5-8(11(15)16)9(13-10)4-2-1-3-7-14/h5-6,14H,1-4,7H2,(H,15,16). The van der Waals surface area contributed by atoms with Gasteiger partial charge >= 0.3 is 5.97 Å². The lowest BCUT2D eigenvalue weighted by atomic mass is 10.1. The molecule has 1 aromatic heterocycles. The highest BCUT2D eigenvalue weighted by molar-refractivity contribution is 6.29. The fourth-order valence-electron chi connectivity index (χ4n) is 1.44. The van der Waals surface area contributed by atoms with Gasteiger partial charge in [0.1, 0.15) is 5.15 Å². The van der Waals surface area contributed by atoms with E-state index in [1.807, 2.05) is 0 Å². The number of hydrogen-bond donors (Lipinski definition) is 2. The molecule has 0 amide bonds. The third kappa shape index (κ3) is 3.79. The van der Waals surface area contributed by atoms with Gasteiger partial charge in [-0.05, 0) is 31.4 Å². The summed E-state index contributed by atoms with van der Waals surface area (Å²) in [6.07, 6.45) is 2.95. The first-order chi connectivity index (χ1) is 7.65. The summed E-state index contributed by atoms with van der Waals surface area (Å²) >= 11 is 5.72. The molecule has 1 heterocycles. The van der Waals surface area contributed by atoms with E-state index in [4.69, 9.17) is 21.8 Å². The molecule has 0 aliphatic heterocycles. The highest BCUT2D eigenvalue weighted by Crippen LogP contribution is 2.14. The maximum absolute atomic E-state index is 10.9. The van der Waals surface area contributed by atoms with E-state index in [2.05, 4.69) is 4.98 Å². The number of rotatable bonds is 6.